The van der Waals surface area contributed by atoms with Crippen LogP contribution in [-0.4, -0.2) is 48.5 Å². The molecular weight excluding hydrogens is 464 g/mol. The Balaban J connectivity index is 1.28. The summed E-state index contributed by atoms with van der Waals surface area (Å²) in [6.07, 6.45) is 4.05. The van der Waals surface area contributed by atoms with Gasteiger partial charge >= 0.3 is 0 Å². The van der Waals surface area contributed by atoms with Crippen molar-refractivity contribution in [3.05, 3.63) is 54.1 Å². The largest absolute Gasteiger partial charge is 0.362 e. The van der Waals surface area contributed by atoms with Gasteiger partial charge in [0.1, 0.15) is 5.82 Å². The molecule has 0 unspecified atom stereocenters. The maximum Gasteiger partial charge on any atom is 0.251 e. The fraction of sp³-hybridized carbons (Fsp3) is 0.448. The van der Waals surface area contributed by atoms with Crippen LogP contribution < -0.4 is 20.9 Å². The average molecular weight is 503 g/mol. The van der Waals surface area contributed by atoms with Crippen LogP contribution in [-0.2, 0) is 4.79 Å². The minimum atomic E-state index is -0.499. The lowest BCUT2D eigenvalue weighted by molar-refractivity contribution is -0.123. The van der Waals surface area contributed by atoms with Crippen molar-refractivity contribution in [1.29, 1.82) is 0 Å². The van der Waals surface area contributed by atoms with Crippen LogP contribution in [0.4, 0.5) is 17.5 Å². The molecule has 0 aliphatic heterocycles. The number of hydrogen-bond acceptors (Lipinski definition) is 6. The Hall–Kier alpha value is -3.68. The third-order valence-corrected chi connectivity index (χ3v) is 6.80. The highest BCUT2D eigenvalue weighted by Crippen LogP contribution is 2.28. The predicted octanol–water partition coefficient (Wildman–Crippen LogP) is 5.08. The Morgan fingerprint density at radius 2 is 1.70 bits per heavy atom. The molecule has 0 spiro atoms. The number of carbonyl (C=O) groups excluding carboxylic acids is 2. The van der Waals surface area contributed by atoms with Crippen molar-refractivity contribution in [3.63, 3.8) is 0 Å². The zero-order valence-electron chi connectivity index (χ0n) is 22.5. The molecule has 1 aliphatic rings. The van der Waals surface area contributed by atoms with Gasteiger partial charge in [-0.05, 0) is 61.9 Å². The van der Waals surface area contributed by atoms with E-state index in [9.17, 15) is 9.59 Å². The van der Waals surface area contributed by atoms with E-state index in [2.05, 4.69) is 16.0 Å². The maximum atomic E-state index is 12.8. The first kappa shape index (κ1) is 26.4. The van der Waals surface area contributed by atoms with Gasteiger partial charge in [0.05, 0.1) is 5.52 Å². The third-order valence-electron chi connectivity index (χ3n) is 6.80. The van der Waals surface area contributed by atoms with E-state index in [1.54, 1.807) is 24.3 Å². The molecule has 196 valence electrons. The fourth-order valence-electron chi connectivity index (χ4n) is 4.55. The minimum Gasteiger partial charge on any atom is -0.362 e. The Morgan fingerprint density at radius 1 is 0.973 bits per heavy atom. The van der Waals surface area contributed by atoms with Crippen molar-refractivity contribution < 1.29 is 9.59 Å². The average Bonchev–Trinajstić information content (AvgIpc) is 2.87. The van der Waals surface area contributed by atoms with Crippen LogP contribution in [0.1, 0.15) is 56.8 Å². The van der Waals surface area contributed by atoms with Gasteiger partial charge in [-0.25, -0.2) is 4.98 Å². The molecule has 3 N–H and O–H groups in total. The van der Waals surface area contributed by atoms with Crippen molar-refractivity contribution in [2.24, 2.45) is 11.3 Å². The molecular formula is C29H38N6O2. The van der Waals surface area contributed by atoms with E-state index >= 15 is 0 Å². The van der Waals surface area contributed by atoms with Gasteiger partial charge in [-0.1, -0.05) is 39.0 Å². The summed E-state index contributed by atoms with van der Waals surface area (Å²) in [5.41, 5.74) is 1.61. The number of benzene rings is 2. The molecule has 1 saturated carbocycles. The van der Waals surface area contributed by atoms with Crippen LogP contribution in [0, 0.1) is 11.3 Å². The molecule has 2 aromatic carbocycles. The molecule has 0 atom stereocenters. The molecule has 0 radical (unpaired) electrons. The molecule has 1 aromatic heterocycles. The lowest BCUT2D eigenvalue weighted by Crippen LogP contribution is -2.34. The van der Waals surface area contributed by atoms with E-state index in [0.29, 0.717) is 35.7 Å². The van der Waals surface area contributed by atoms with Gasteiger partial charge in [0.25, 0.3) is 5.91 Å². The number of rotatable bonds is 7. The van der Waals surface area contributed by atoms with E-state index < -0.39 is 5.41 Å². The van der Waals surface area contributed by atoms with Crippen LogP contribution in [0.3, 0.4) is 0 Å². The predicted molar refractivity (Wildman–Crippen MR) is 150 cm³/mol. The second-order valence-electron chi connectivity index (χ2n) is 11.1. The molecule has 2 amide bonds. The molecule has 3 aromatic rings. The summed E-state index contributed by atoms with van der Waals surface area (Å²) >= 11 is 0. The van der Waals surface area contributed by atoms with Gasteiger partial charge in [0.2, 0.25) is 11.9 Å². The van der Waals surface area contributed by atoms with Crippen molar-refractivity contribution in [2.75, 3.05) is 36.2 Å². The fourth-order valence-corrected chi connectivity index (χ4v) is 4.55. The van der Waals surface area contributed by atoms with Crippen molar-refractivity contribution in [2.45, 2.75) is 52.5 Å². The van der Waals surface area contributed by atoms with E-state index in [1.807, 2.05) is 64.0 Å². The number of nitrogens with zero attached hydrogens (tertiary/aromatic N) is 3. The molecule has 0 saturated heterocycles. The number of carbonyl (C=O) groups is 2. The van der Waals surface area contributed by atoms with Gasteiger partial charge in [-0.3, -0.25) is 9.59 Å². The Kier molecular flexibility index (Phi) is 7.95. The van der Waals surface area contributed by atoms with Crippen molar-refractivity contribution in [3.8, 4) is 0 Å². The van der Waals surface area contributed by atoms with E-state index in [1.165, 1.54) is 0 Å². The summed E-state index contributed by atoms with van der Waals surface area (Å²) in [7, 11) is 3.99. The highest BCUT2D eigenvalue weighted by molar-refractivity contribution is 5.98. The van der Waals surface area contributed by atoms with Crippen LogP contribution in [0.25, 0.3) is 10.9 Å². The number of aromatic nitrogens is 2. The van der Waals surface area contributed by atoms with Crippen molar-refractivity contribution >= 4 is 40.2 Å². The first-order valence-electron chi connectivity index (χ1n) is 13.0. The van der Waals surface area contributed by atoms with Crippen molar-refractivity contribution in [1.82, 2.24) is 15.3 Å². The summed E-state index contributed by atoms with van der Waals surface area (Å²) in [5.74, 6) is 1.81. The Morgan fingerprint density at radius 3 is 2.41 bits per heavy atom. The first-order valence-corrected chi connectivity index (χ1v) is 13.0. The summed E-state index contributed by atoms with van der Waals surface area (Å²) in [5, 5.41) is 10.6. The van der Waals surface area contributed by atoms with Crippen LogP contribution in [0.15, 0.2) is 48.5 Å². The molecule has 0 bridgehead atoms. The Bertz CT molecular complexity index is 1260. The SMILES string of the molecule is CN(C)c1nc(N[C@H]2CC[C@@H](CNC(=O)c3cccc(NC(=O)C(C)(C)C)c3)CC2)nc2ccccc12. The quantitative estimate of drug-likeness (QED) is 0.417. The van der Waals surface area contributed by atoms with Gasteiger partial charge in [-0.15, -0.1) is 0 Å². The van der Waals surface area contributed by atoms with Crippen LogP contribution in [0.2, 0.25) is 0 Å². The molecule has 4 rings (SSSR count). The summed E-state index contributed by atoms with van der Waals surface area (Å²) in [6.45, 7) is 6.22. The first-order chi connectivity index (χ1) is 17.6. The lowest BCUT2D eigenvalue weighted by Gasteiger charge is -2.29. The Labute approximate surface area is 219 Å². The maximum absolute atomic E-state index is 12.8. The molecule has 1 aliphatic carbocycles. The van der Waals surface area contributed by atoms with Gasteiger partial charge < -0.3 is 20.9 Å². The third kappa shape index (κ3) is 6.76. The normalized spacial score (nSPS) is 17.8. The number of para-hydroxylation sites is 1. The monoisotopic (exact) mass is 502 g/mol. The van der Waals surface area contributed by atoms with E-state index in [4.69, 9.17) is 9.97 Å². The van der Waals surface area contributed by atoms with Crippen LogP contribution >= 0.6 is 0 Å². The molecule has 37 heavy (non-hydrogen) atoms. The molecule has 1 heterocycles. The van der Waals surface area contributed by atoms with Crippen LogP contribution in [0.5, 0.6) is 0 Å². The second kappa shape index (κ2) is 11.2. The summed E-state index contributed by atoms with van der Waals surface area (Å²) in [4.78, 5) is 36.5. The number of fused-ring (bicyclic) bond motifs is 1. The second-order valence-corrected chi connectivity index (χ2v) is 11.1. The topological polar surface area (TPSA) is 99.3 Å². The van der Waals surface area contributed by atoms with Gasteiger partial charge in [-0.2, -0.15) is 4.98 Å². The molecule has 8 heteroatoms. The zero-order chi connectivity index (χ0) is 26.6. The van der Waals surface area contributed by atoms with E-state index in [0.717, 1.165) is 42.4 Å². The lowest BCUT2D eigenvalue weighted by atomic mass is 9.86. The standard InChI is InChI=1S/C29H38N6O2/c1-29(2,3)27(37)31-22-10-8-9-20(17-22)26(36)30-18-19-13-15-21(16-14-19)32-28-33-24-12-7-6-11-23(24)25(34-28)35(4)5/h6-12,17,19,21H,13-16,18H2,1-5H3,(H,30,36)(H,31,37)(H,32,33,34)/t19-,21+. The number of amides is 2. The summed E-state index contributed by atoms with van der Waals surface area (Å²) < 4.78 is 0. The highest BCUT2D eigenvalue weighted by Gasteiger charge is 2.24. The van der Waals surface area contributed by atoms with E-state index in [-0.39, 0.29) is 11.8 Å². The smallest absolute Gasteiger partial charge is 0.251 e. The van der Waals surface area contributed by atoms with Gasteiger partial charge in [0.15, 0.2) is 0 Å². The molecule has 8 nitrogen and oxygen atoms in total. The number of hydrogen-bond donors (Lipinski definition) is 3. The minimum absolute atomic E-state index is 0.0811. The number of anilines is 3. The van der Waals surface area contributed by atoms with Gasteiger partial charge in [0, 0.05) is 48.7 Å². The number of nitrogens with one attached hydrogen (secondary N) is 3. The zero-order valence-corrected chi connectivity index (χ0v) is 22.5. The molecule has 1 fully saturated rings. The summed E-state index contributed by atoms with van der Waals surface area (Å²) in [6, 6.07) is 15.5. The highest BCUT2D eigenvalue weighted by atomic mass is 16.2.